The molecule has 2 bridgehead atoms. The van der Waals surface area contributed by atoms with Crippen molar-refractivity contribution in [1.29, 1.82) is 0 Å². The third kappa shape index (κ3) is 2.54. The van der Waals surface area contributed by atoms with Crippen molar-refractivity contribution in [3.05, 3.63) is 30.3 Å². The molecule has 1 aromatic rings. The molecule has 1 aliphatic heterocycles. The lowest BCUT2D eigenvalue weighted by Gasteiger charge is -2.39. The summed E-state index contributed by atoms with van der Waals surface area (Å²) in [5.74, 6) is 0. The van der Waals surface area contributed by atoms with Crippen molar-refractivity contribution in [1.82, 2.24) is 4.90 Å². The standard InChI is InChI=1S/C17H24N2O/c1-16(2)9-14-10-17(3,11-16)12-19(14)15(20)18-13-7-5-4-6-8-13/h4-8,14H,9-12H2,1-3H3,(H,18,20)/t14-,17+/m1/s1. The largest absolute Gasteiger partial charge is 0.322 e. The molecule has 1 saturated carbocycles. The van der Waals surface area contributed by atoms with Crippen LogP contribution in [0, 0.1) is 10.8 Å². The Morgan fingerprint density at radius 3 is 2.60 bits per heavy atom. The van der Waals surface area contributed by atoms with E-state index < -0.39 is 0 Å². The maximum absolute atomic E-state index is 12.5. The van der Waals surface area contributed by atoms with Crippen LogP contribution >= 0.6 is 0 Å². The highest BCUT2D eigenvalue weighted by atomic mass is 16.2. The molecule has 3 rings (SSSR count). The average Bonchev–Trinajstić information content (AvgIpc) is 2.60. The topological polar surface area (TPSA) is 32.3 Å². The van der Waals surface area contributed by atoms with Crippen molar-refractivity contribution in [3.63, 3.8) is 0 Å². The van der Waals surface area contributed by atoms with Crippen LogP contribution in [-0.2, 0) is 0 Å². The van der Waals surface area contributed by atoms with Gasteiger partial charge in [0.05, 0.1) is 0 Å². The molecule has 1 aliphatic carbocycles. The lowest BCUT2D eigenvalue weighted by Crippen LogP contribution is -2.40. The summed E-state index contributed by atoms with van der Waals surface area (Å²) in [5.41, 5.74) is 1.52. The third-order valence-corrected chi connectivity index (χ3v) is 4.70. The van der Waals surface area contributed by atoms with Gasteiger partial charge >= 0.3 is 6.03 Å². The van der Waals surface area contributed by atoms with Gasteiger partial charge in [0, 0.05) is 18.3 Å². The molecule has 1 aromatic carbocycles. The second-order valence-corrected chi connectivity index (χ2v) is 7.64. The van der Waals surface area contributed by atoms with E-state index in [0.717, 1.165) is 25.1 Å². The number of carbonyl (C=O) groups is 1. The number of amides is 2. The van der Waals surface area contributed by atoms with Crippen molar-refractivity contribution in [3.8, 4) is 0 Å². The summed E-state index contributed by atoms with van der Waals surface area (Å²) in [6, 6.07) is 10.2. The van der Waals surface area contributed by atoms with Gasteiger partial charge in [0.2, 0.25) is 0 Å². The molecule has 0 radical (unpaired) electrons. The summed E-state index contributed by atoms with van der Waals surface area (Å²) in [6.07, 6.45) is 3.48. The van der Waals surface area contributed by atoms with Gasteiger partial charge in [0.15, 0.2) is 0 Å². The minimum absolute atomic E-state index is 0.0580. The number of para-hydroxylation sites is 1. The first-order valence-electron chi connectivity index (χ1n) is 7.50. The summed E-state index contributed by atoms with van der Waals surface area (Å²) >= 11 is 0. The zero-order chi connectivity index (χ0) is 14.4. The van der Waals surface area contributed by atoms with E-state index in [9.17, 15) is 4.79 Å². The van der Waals surface area contributed by atoms with E-state index in [-0.39, 0.29) is 6.03 Å². The van der Waals surface area contributed by atoms with Crippen molar-refractivity contribution < 1.29 is 4.79 Å². The number of nitrogens with zero attached hydrogens (tertiary/aromatic N) is 1. The minimum Gasteiger partial charge on any atom is -0.321 e. The van der Waals surface area contributed by atoms with Crippen LogP contribution in [0.3, 0.4) is 0 Å². The molecule has 108 valence electrons. The number of hydrogen-bond donors (Lipinski definition) is 1. The maximum atomic E-state index is 12.5. The lowest BCUT2D eigenvalue weighted by atomic mass is 9.65. The van der Waals surface area contributed by atoms with E-state index in [1.54, 1.807) is 0 Å². The Balaban J connectivity index is 1.74. The van der Waals surface area contributed by atoms with Gasteiger partial charge < -0.3 is 10.2 Å². The number of hydrogen-bond acceptors (Lipinski definition) is 1. The van der Waals surface area contributed by atoms with Crippen LogP contribution in [-0.4, -0.2) is 23.5 Å². The van der Waals surface area contributed by atoms with E-state index in [0.29, 0.717) is 16.9 Å². The molecule has 0 unspecified atom stereocenters. The van der Waals surface area contributed by atoms with Gasteiger partial charge in [-0.05, 0) is 42.2 Å². The lowest BCUT2D eigenvalue weighted by molar-refractivity contribution is 0.130. The van der Waals surface area contributed by atoms with Crippen LogP contribution in [0.25, 0.3) is 0 Å². The zero-order valence-corrected chi connectivity index (χ0v) is 12.6. The van der Waals surface area contributed by atoms with Gasteiger partial charge in [-0.3, -0.25) is 0 Å². The molecule has 3 nitrogen and oxygen atoms in total. The Kier molecular flexibility index (Phi) is 3.03. The highest BCUT2D eigenvalue weighted by Crippen LogP contribution is 2.52. The number of anilines is 1. The summed E-state index contributed by atoms with van der Waals surface area (Å²) in [4.78, 5) is 14.6. The highest BCUT2D eigenvalue weighted by molar-refractivity contribution is 5.89. The number of urea groups is 1. The van der Waals surface area contributed by atoms with Crippen molar-refractivity contribution in [2.24, 2.45) is 10.8 Å². The molecule has 0 aromatic heterocycles. The number of carbonyl (C=O) groups excluding carboxylic acids is 1. The van der Waals surface area contributed by atoms with Crippen LogP contribution < -0.4 is 5.32 Å². The Labute approximate surface area is 121 Å². The van der Waals surface area contributed by atoms with Crippen LogP contribution in [0.1, 0.15) is 40.0 Å². The molecule has 1 N–H and O–H groups in total. The van der Waals surface area contributed by atoms with Crippen molar-refractivity contribution in [2.75, 3.05) is 11.9 Å². The molecule has 2 aliphatic rings. The second kappa shape index (κ2) is 4.51. The van der Waals surface area contributed by atoms with Gasteiger partial charge in [-0.15, -0.1) is 0 Å². The third-order valence-electron chi connectivity index (χ3n) is 4.70. The second-order valence-electron chi connectivity index (χ2n) is 7.64. The van der Waals surface area contributed by atoms with E-state index >= 15 is 0 Å². The fraction of sp³-hybridized carbons (Fsp3) is 0.588. The SMILES string of the molecule is CC1(C)C[C@@H]2C[C@](C)(CN2C(=O)Nc2ccccc2)C1. The normalized spacial score (nSPS) is 31.1. The summed E-state index contributed by atoms with van der Waals surface area (Å²) in [6.45, 7) is 7.88. The fourth-order valence-electron chi connectivity index (χ4n) is 4.41. The minimum atomic E-state index is 0.0580. The molecule has 20 heavy (non-hydrogen) atoms. The number of rotatable bonds is 1. The van der Waals surface area contributed by atoms with Crippen LogP contribution in [0.4, 0.5) is 10.5 Å². The number of benzene rings is 1. The summed E-state index contributed by atoms with van der Waals surface area (Å²) < 4.78 is 0. The Bertz CT molecular complexity index is 511. The summed E-state index contributed by atoms with van der Waals surface area (Å²) in [7, 11) is 0. The zero-order valence-electron chi connectivity index (χ0n) is 12.6. The van der Waals surface area contributed by atoms with Gasteiger partial charge in [0.1, 0.15) is 0 Å². The molecule has 2 amide bonds. The molecule has 3 heteroatoms. The van der Waals surface area contributed by atoms with E-state index in [2.05, 4.69) is 31.0 Å². The first-order valence-corrected chi connectivity index (χ1v) is 7.50. The maximum Gasteiger partial charge on any atom is 0.322 e. The van der Waals surface area contributed by atoms with Gasteiger partial charge in [-0.1, -0.05) is 39.0 Å². The summed E-state index contributed by atoms with van der Waals surface area (Å²) in [5, 5.41) is 3.03. The predicted molar refractivity (Wildman–Crippen MR) is 81.7 cm³/mol. The van der Waals surface area contributed by atoms with Crippen molar-refractivity contribution >= 4 is 11.7 Å². The molecule has 2 atom stereocenters. The Morgan fingerprint density at radius 2 is 1.90 bits per heavy atom. The van der Waals surface area contributed by atoms with Gasteiger partial charge in [0.25, 0.3) is 0 Å². The fourth-order valence-corrected chi connectivity index (χ4v) is 4.41. The molecular formula is C17H24N2O. The van der Waals surface area contributed by atoms with E-state index in [1.165, 1.54) is 6.42 Å². The van der Waals surface area contributed by atoms with E-state index in [1.807, 2.05) is 30.3 Å². The van der Waals surface area contributed by atoms with Crippen LogP contribution in [0.2, 0.25) is 0 Å². The average molecular weight is 272 g/mol. The molecule has 2 fully saturated rings. The Morgan fingerprint density at radius 1 is 1.20 bits per heavy atom. The highest BCUT2D eigenvalue weighted by Gasteiger charge is 2.50. The monoisotopic (exact) mass is 272 g/mol. The molecule has 1 saturated heterocycles. The van der Waals surface area contributed by atoms with Gasteiger partial charge in [-0.2, -0.15) is 0 Å². The molecule has 1 heterocycles. The quantitative estimate of drug-likeness (QED) is 0.819. The Hall–Kier alpha value is -1.51. The van der Waals surface area contributed by atoms with Crippen LogP contribution in [0.5, 0.6) is 0 Å². The van der Waals surface area contributed by atoms with Crippen molar-refractivity contribution in [2.45, 2.75) is 46.1 Å². The predicted octanol–water partition coefficient (Wildman–Crippen LogP) is 4.12. The first kappa shape index (κ1) is 13.5. The smallest absolute Gasteiger partial charge is 0.321 e. The number of fused-ring (bicyclic) bond motifs is 2. The van der Waals surface area contributed by atoms with Gasteiger partial charge in [-0.25, -0.2) is 4.79 Å². The number of likely N-dealkylation sites (tertiary alicyclic amines) is 1. The van der Waals surface area contributed by atoms with Crippen LogP contribution in [0.15, 0.2) is 30.3 Å². The molecule has 0 spiro atoms. The first-order chi connectivity index (χ1) is 9.37. The molecular weight excluding hydrogens is 248 g/mol. The van der Waals surface area contributed by atoms with E-state index in [4.69, 9.17) is 0 Å². The number of nitrogens with one attached hydrogen (secondary N) is 1.